The SMILES string of the molecule is CCCC1CCN(C(=O)NCC(CC(C)(C)C)C(=O)O)C1. The molecule has 0 bridgehead atoms. The lowest BCUT2D eigenvalue weighted by molar-refractivity contribution is -0.142. The summed E-state index contributed by atoms with van der Waals surface area (Å²) in [6, 6.07) is -0.117. The minimum Gasteiger partial charge on any atom is -0.481 e. The van der Waals surface area contributed by atoms with Gasteiger partial charge in [-0.1, -0.05) is 34.1 Å². The smallest absolute Gasteiger partial charge is 0.317 e. The van der Waals surface area contributed by atoms with Crippen molar-refractivity contribution in [1.82, 2.24) is 10.2 Å². The van der Waals surface area contributed by atoms with E-state index in [4.69, 9.17) is 0 Å². The summed E-state index contributed by atoms with van der Waals surface area (Å²) in [4.78, 5) is 25.2. The fourth-order valence-corrected chi connectivity index (χ4v) is 2.97. The summed E-state index contributed by atoms with van der Waals surface area (Å²) in [5.41, 5.74) is -0.0619. The van der Waals surface area contributed by atoms with Gasteiger partial charge in [0, 0.05) is 19.6 Å². The highest BCUT2D eigenvalue weighted by Crippen LogP contribution is 2.24. The van der Waals surface area contributed by atoms with Crippen LogP contribution in [0.1, 0.15) is 53.4 Å². The first-order chi connectivity index (χ1) is 9.73. The maximum absolute atomic E-state index is 12.1. The van der Waals surface area contributed by atoms with Gasteiger partial charge in [0.1, 0.15) is 0 Å². The number of carboxylic acid groups (broad SMARTS) is 1. The number of hydrogen-bond donors (Lipinski definition) is 2. The molecule has 1 fully saturated rings. The predicted molar refractivity (Wildman–Crippen MR) is 83.2 cm³/mol. The van der Waals surface area contributed by atoms with Crippen LogP contribution in [0.25, 0.3) is 0 Å². The van der Waals surface area contributed by atoms with Gasteiger partial charge in [-0.25, -0.2) is 4.79 Å². The van der Waals surface area contributed by atoms with E-state index in [0.29, 0.717) is 12.3 Å². The summed E-state index contributed by atoms with van der Waals surface area (Å²) < 4.78 is 0. The Morgan fingerprint density at radius 3 is 2.57 bits per heavy atom. The first-order valence-corrected chi connectivity index (χ1v) is 7.98. The van der Waals surface area contributed by atoms with Gasteiger partial charge in [0.2, 0.25) is 0 Å². The molecule has 1 aliphatic heterocycles. The summed E-state index contributed by atoms with van der Waals surface area (Å²) in [5.74, 6) is -0.760. The molecule has 5 nitrogen and oxygen atoms in total. The van der Waals surface area contributed by atoms with Crippen LogP contribution in [0, 0.1) is 17.3 Å². The summed E-state index contributed by atoms with van der Waals surface area (Å²) in [7, 11) is 0. The van der Waals surface area contributed by atoms with Crippen LogP contribution in [-0.4, -0.2) is 41.6 Å². The van der Waals surface area contributed by atoms with Crippen molar-refractivity contribution >= 4 is 12.0 Å². The molecule has 2 atom stereocenters. The molecule has 21 heavy (non-hydrogen) atoms. The topological polar surface area (TPSA) is 69.6 Å². The minimum atomic E-state index is -0.837. The number of nitrogens with one attached hydrogen (secondary N) is 1. The van der Waals surface area contributed by atoms with Crippen molar-refractivity contribution in [2.75, 3.05) is 19.6 Å². The van der Waals surface area contributed by atoms with Crippen molar-refractivity contribution in [2.24, 2.45) is 17.3 Å². The Morgan fingerprint density at radius 1 is 1.38 bits per heavy atom. The highest BCUT2D eigenvalue weighted by molar-refractivity contribution is 5.76. The zero-order valence-electron chi connectivity index (χ0n) is 13.8. The lowest BCUT2D eigenvalue weighted by Gasteiger charge is -2.24. The lowest BCUT2D eigenvalue weighted by atomic mass is 9.84. The molecule has 0 aromatic carbocycles. The van der Waals surface area contributed by atoms with Gasteiger partial charge >= 0.3 is 12.0 Å². The first kappa shape index (κ1) is 17.8. The molecule has 0 spiro atoms. The van der Waals surface area contributed by atoms with Crippen LogP contribution in [0.3, 0.4) is 0 Å². The molecule has 122 valence electrons. The normalized spacial score (nSPS) is 20.4. The lowest BCUT2D eigenvalue weighted by Crippen LogP contribution is -2.42. The highest BCUT2D eigenvalue weighted by Gasteiger charge is 2.28. The Labute approximate surface area is 128 Å². The van der Waals surface area contributed by atoms with Gasteiger partial charge < -0.3 is 15.3 Å². The minimum absolute atomic E-state index is 0.0619. The molecule has 0 radical (unpaired) electrons. The molecule has 5 heteroatoms. The number of carbonyl (C=O) groups is 2. The van der Waals surface area contributed by atoms with E-state index in [1.54, 1.807) is 0 Å². The van der Waals surface area contributed by atoms with Gasteiger partial charge in [-0.05, 0) is 30.6 Å². The molecule has 0 aromatic rings. The Balaban J connectivity index is 2.42. The van der Waals surface area contributed by atoms with Crippen LogP contribution >= 0.6 is 0 Å². The second-order valence-electron chi connectivity index (χ2n) is 7.38. The number of likely N-dealkylation sites (tertiary alicyclic amines) is 1. The van der Waals surface area contributed by atoms with Crippen LogP contribution in [-0.2, 0) is 4.79 Å². The van der Waals surface area contributed by atoms with Crippen molar-refractivity contribution in [3.8, 4) is 0 Å². The van der Waals surface area contributed by atoms with E-state index in [1.807, 2.05) is 25.7 Å². The number of hydrogen-bond acceptors (Lipinski definition) is 2. The fourth-order valence-electron chi connectivity index (χ4n) is 2.97. The monoisotopic (exact) mass is 298 g/mol. The summed E-state index contributed by atoms with van der Waals surface area (Å²) in [6.45, 7) is 10.00. The quantitative estimate of drug-likeness (QED) is 0.792. The average molecular weight is 298 g/mol. The van der Waals surface area contributed by atoms with Gasteiger partial charge in [-0.2, -0.15) is 0 Å². The third kappa shape index (κ3) is 6.36. The molecular weight excluding hydrogens is 268 g/mol. The number of urea groups is 1. The molecule has 0 aliphatic carbocycles. The molecule has 2 N–H and O–H groups in total. The van der Waals surface area contributed by atoms with E-state index in [2.05, 4.69) is 12.2 Å². The van der Waals surface area contributed by atoms with Gasteiger partial charge in [0.25, 0.3) is 0 Å². The van der Waals surface area contributed by atoms with E-state index in [1.165, 1.54) is 0 Å². The first-order valence-electron chi connectivity index (χ1n) is 7.98. The van der Waals surface area contributed by atoms with Gasteiger partial charge in [0.05, 0.1) is 5.92 Å². The predicted octanol–water partition coefficient (Wildman–Crippen LogP) is 2.96. The third-order valence-electron chi connectivity index (χ3n) is 3.98. The molecular formula is C16H30N2O3. The van der Waals surface area contributed by atoms with Gasteiger partial charge in [-0.15, -0.1) is 0 Å². The average Bonchev–Trinajstić information content (AvgIpc) is 2.81. The van der Waals surface area contributed by atoms with Crippen molar-refractivity contribution in [3.05, 3.63) is 0 Å². The van der Waals surface area contributed by atoms with Crippen molar-refractivity contribution in [2.45, 2.75) is 53.4 Å². The number of carbonyl (C=O) groups excluding carboxylic acids is 1. The fraction of sp³-hybridized carbons (Fsp3) is 0.875. The van der Waals surface area contributed by atoms with Crippen molar-refractivity contribution < 1.29 is 14.7 Å². The van der Waals surface area contributed by atoms with E-state index in [0.717, 1.165) is 32.4 Å². The number of amides is 2. The number of rotatable bonds is 6. The maximum Gasteiger partial charge on any atom is 0.317 e. The summed E-state index contributed by atoms with van der Waals surface area (Å²) >= 11 is 0. The summed E-state index contributed by atoms with van der Waals surface area (Å²) in [5, 5.41) is 12.1. The summed E-state index contributed by atoms with van der Waals surface area (Å²) in [6.07, 6.45) is 3.92. The van der Waals surface area contributed by atoms with Crippen LogP contribution in [0.15, 0.2) is 0 Å². The molecule has 2 amide bonds. The standard InChI is InChI=1S/C16H30N2O3/c1-5-6-12-7-8-18(11-12)15(21)17-10-13(14(19)20)9-16(2,3)4/h12-13H,5-11H2,1-4H3,(H,17,21)(H,19,20). The highest BCUT2D eigenvalue weighted by atomic mass is 16.4. The molecule has 1 rings (SSSR count). The molecule has 0 aromatic heterocycles. The maximum atomic E-state index is 12.1. The number of carboxylic acids is 1. The zero-order chi connectivity index (χ0) is 16.0. The van der Waals surface area contributed by atoms with E-state index >= 15 is 0 Å². The van der Waals surface area contributed by atoms with Crippen molar-refractivity contribution in [1.29, 1.82) is 0 Å². The Bertz CT molecular complexity index is 363. The number of nitrogens with zero attached hydrogens (tertiary/aromatic N) is 1. The van der Waals surface area contributed by atoms with E-state index in [9.17, 15) is 14.7 Å². The van der Waals surface area contributed by atoms with Gasteiger partial charge in [-0.3, -0.25) is 4.79 Å². The largest absolute Gasteiger partial charge is 0.481 e. The Kier molecular flexibility index (Phi) is 6.49. The van der Waals surface area contributed by atoms with E-state index in [-0.39, 0.29) is 18.0 Å². The third-order valence-corrected chi connectivity index (χ3v) is 3.98. The van der Waals surface area contributed by atoms with Crippen LogP contribution < -0.4 is 5.32 Å². The van der Waals surface area contributed by atoms with E-state index < -0.39 is 11.9 Å². The van der Waals surface area contributed by atoms with Crippen LogP contribution in [0.4, 0.5) is 4.79 Å². The molecule has 1 aliphatic rings. The zero-order valence-corrected chi connectivity index (χ0v) is 13.8. The molecule has 1 heterocycles. The molecule has 0 saturated carbocycles. The van der Waals surface area contributed by atoms with Gasteiger partial charge in [0.15, 0.2) is 0 Å². The Hall–Kier alpha value is -1.26. The second-order valence-corrected chi connectivity index (χ2v) is 7.38. The molecule has 1 saturated heterocycles. The van der Waals surface area contributed by atoms with Crippen molar-refractivity contribution in [3.63, 3.8) is 0 Å². The molecule has 2 unspecified atom stereocenters. The number of aliphatic carboxylic acids is 1. The van der Waals surface area contributed by atoms with Crippen LogP contribution in [0.5, 0.6) is 0 Å². The second kappa shape index (κ2) is 7.66. The van der Waals surface area contributed by atoms with Crippen LogP contribution in [0.2, 0.25) is 0 Å². The Morgan fingerprint density at radius 2 is 2.05 bits per heavy atom.